The molecule has 1 fully saturated rings. The summed E-state index contributed by atoms with van der Waals surface area (Å²) in [7, 11) is 1.62. The molecule has 18 heavy (non-hydrogen) atoms. The van der Waals surface area contributed by atoms with Crippen molar-refractivity contribution in [2.45, 2.75) is 38.5 Å². The first kappa shape index (κ1) is 15.0. The van der Waals surface area contributed by atoms with E-state index in [2.05, 4.69) is 5.32 Å². The molecule has 0 aliphatic heterocycles. The van der Waals surface area contributed by atoms with Crippen LogP contribution < -0.4 is 5.32 Å². The molecular formula is C13H24N2O3. The number of carbonyl (C=O) groups excluding carboxylic acids is 2. The largest absolute Gasteiger partial charge is 0.395 e. The summed E-state index contributed by atoms with van der Waals surface area (Å²) in [6.45, 7) is 0.275. The van der Waals surface area contributed by atoms with Gasteiger partial charge >= 0.3 is 0 Å². The van der Waals surface area contributed by atoms with Gasteiger partial charge in [-0.05, 0) is 18.8 Å². The molecule has 0 bridgehead atoms. The molecule has 1 aliphatic carbocycles. The summed E-state index contributed by atoms with van der Waals surface area (Å²) in [4.78, 5) is 24.6. The summed E-state index contributed by atoms with van der Waals surface area (Å²) in [6, 6.07) is 0. The number of nitrogens with zero attached hydrogens (tertiary/aromatic N) is 1. The summed E-state index contributed by atoms with van der Waals surface area (Å²) < 4.78 is 0. The summed E-state index contributed by atoms with van der Waals surface area (Å²) in [5, 5.41) is 11.4. The van der Waals surface area contributed by atoms with E-state index in [4.69, 9.17) is 5.11 Å². The molecule has 5 nitrogen and oxygen atoms in total. The Bertz CT molecular complexity index is 275. The first-order valence-corrected chi connectivity index (χ1v) is 6.75. The number of hydrogen-bond donors (Lipinski definition) is 2. The third kappa shape index (κ3) is 5.49. The fraction of sp³-hybridized carbons (Fsp3) is 0.846. The quantitative estimate of drug-likeness (QED) is 0.728. The Kier molecular flexibility index (Phi) is 6.72. The molecule has 1 rings (SSSR count). The zero-order valence-electron chi connectivity index (χ0n) is 11.2. The van der Waals surface area contributed by atoms with Gasteiger partial charge in [-0.3, -0.25) is 9.59 Å². The molecule has 0 radical (unpaired) electrons. The molecule has 0 atom stereocenters. The third-order valence-corrected chi connectivity index (χ3v) is 3.50. The van der Waals surface area contributed by atoms with Gasteiger partial charge in [0.25, 0.3) is 0 Å². The molecule has 0 saturated heterocycles. The molecule has 0 unspecified atom stereocenters. The fourth-order valence-electron chi connectivity index (χ4n) is 2.31. The van der Waals surface area contributed by atoms with E-state index in [9.17, 15) is 9.59 Å². The van der Waals surface area contributed by atoms with Crippen molar-refractivity contribution in [3.8, 4) is 0 Å². The molecule has 0 aromatic carbocycles. The lowest BCUT2D eigenvalue weighted by molar-refractivity contribution is -0.132. The van der Waals surface area contributed by atoms with Gasteiger partial charge in [0.15, 0.2) is 0 Å². The van der Waals surface area contributed by atoms with Gasteiger partial charge in [0.2, 0.25) is 11.8 Å². The lowest BCUT2D eigenvalue weighted by Crippen LogP contribution is -2.39. The minimum atomic E-state index is -0.166. The predicted molar refractivity (Wildman–Crippen MR) is 68.9 cm³/mol. The van der Waals surface area contributed by atoms with Crippen molar-refractivity contribution in [2.24, 2.45) is 5.92 Å². The van der Waals surface area contributed by atoms with Crippen molar-refractivity contribution < 1.29 is 14.7 Å². The monoisotopic (exact) mass is 256 g/mol. The van der Waals surface area contributed by atoms with Crippen molar-refractivity contribution in [1.82, 2.24) is 10.2 Å². The van der Waals surface area contributed by atoms with Crippen LogP contribution in [0.1, 0.15) is 38.5 Å². The summed E-state index contributed by atoms with van der Waals surface area (Å²) in [5.74, 6) is 0.290. The molecular weight excluding hydrogens is 232 g/mol. The first-order valence-electron chi connectivity index (χ1n) is 6.75. The van der Waals surface area contributed by atoms with Crippen molar-refractivity contribution in [3.05, 3.63) is 0 Å². The maximum absolute atomic E-state index is 11.7. The van der Waals surface area contributed by atoms with E-state index >= 15 is 0 Å². The van der Waals surface area contributed by atoms with Crippen molar-refractivity contribution in [2.75, 3.05) is 26.7 Å². The highest BCUT2D eigenvalue weighted by atomic mass is 16.3. The van der Waals surface area contributed by atoms with Gasteiger partial charge in [-0.25, -0.2) is 0 Å². The summed E-state index contributed by atoms with van der Waals surface area (Å²) in [6.07, 6.45) is 6.52. The molecule has 0 aromatic heterocycles. The van der Waals surface area contributed by atoms with Crippen LogP contribution in [0.15, 0.2) is 0 Å². The third-order valence-electron chi connectivity index (χ3n) is 3.50. The molecule has 104 valence electrons. The van der Waals surface area contributed by atoms with E-state index < -0.39 is 0 Å². The van der Waals surface area contributed by atoms with Gasteiger partial charge < -0.3 is 15.3 Å². The maximum atomic E-state index is 11.7. The van der Waals surface area contributed by atoms with Crippen LogP contribution in [0.25, 0.3) is 0 Å². The normalized spacial score (nSPS) is 16.3. The number of aliphatic hydroxyl groups is 1. The first-order chi connectivity index (χ1) is 8.63. The van der Waals surface area contributed by atoms with E-state index in [0.29, 0.717) is 18.9 Å². The van der Waals surface area contributed by atoms with Gasteiger partial charge in [0, 0.05) is 20.0 Å². The van der Waals surface area contributed by atoms with Crippen molar-refractivity contribution in [3.63, 3.8) is 0 Å². The van der Waals surface area contributed by atoms with Crippen LogP contribution in [0, 0.1) is 5.92 Å². The van der Waals surface area contributed by atoms with Crippen LogP contribution >= 0.6 is 0 Å². The van der Waals surface area contributed by atoms with Crippen LogP contribution in [-0.4, -0.2) is 48.6 Å². The summed E-state index contributed by atoms with van der Waals surface area (Å²) >= 11 is 0. The Morgan fingerprint density at radius 2 is 1.94 bits per heavy atom. The molecule has 1 saturated carbocycles. The van der Waals surface area contributed by atoms with Gasteiger partial charge in [0.05, 0.1) is 13.2 Å². The van der Waals surface area contributed by atoms with E-state index in [0.717, 1.165) is 12.8 Å². The second-order valence-electron chi connectivity index (χ2n) is 5.02. The second kappa shape index (κ2) is 8.08. The van der Waals surface area contributed by atoms with E-state index in [1.165, 1.54) is 24.2 Å². The van der Waals surface area contributed by atoms with Crippen LogP contribution in [0.5, 0.6) is 0 Å². The van der Waals surface area contributed by atoms with Crippen molar-refractivity contribution in [1.29, 1.82) is 0 Å². The highest BCUT2D eigenvalue weighted by molar-refractivity contribution is 5.84. The fourth-order valence-corrected chi connectivity index (χ4v) is 2.31. The van der Waals surface area contributed by atoms with Gasteiger partial charge in [-0.1, -0.05) is 19.3 Å². The number of carbonyl (C=O) groups is 2. The zero-order valence-corrected chi connectivity index (χ0v) is 11.2. The average Bonchev–Trinajstić information content (AvgIpc) is 2.37. The highest BCUT2D eigenvalue weighted by Crippen LogP contribution is 2.25. The Morgan fingerprint density at radius 3 is 2.56 bits per heavy atom. The van der Waals surface area contributed by atoms with Crippen molar-refractivity contribution >= 4 is 11.8 Å². The van der Waals surface area contributed by atoms with Crippen LogP contribution in [0.2, 0.25) is 0 Å². The molecule has 0 aromatic rings. The van der Waals surface area contributed by atoms with Crippen LogP contribution in [-0.2, 0) is 9.59 Å². The zero-order chi connectivity index (χ0) is 13.4. The number of rotatable bonds is 6. The molecule has 2 amide bonds. The predicted octanol–water partition coefficient (Wildman–Crippen LogP) is 0.524. The SMILES string of the molecule is CN(CCO)C(=O)CNC(=O)CC1CCCCC1. The Balaban J connectivity index is 2.17. The number of amides is 2. The minimum absolute atomic E-state index is 0.0298. The van der Waals surface area contributed by atoms with E-state index in [-0.39, 0.29) is 25.0 Å². The van der Waals surface area contributed by atoms with Crippen LogP contribution in [0.3, 0.4) is 0 Å². The maximum Gasteiger partial charge on any atom is 0.241 e. The van der Waals surface area contributed by atoms with Crippen LogP contribution in [0.4, 0.5) is 0 Å². The number of aliphatic hydroxyl groups excluding tert-OH is 1. The molecule has 1 aliphatic rings. The Morgan fingerprint density at radius 1 is 1.28 bits per heavy atom. The number of nitrogens with one attached hydrogen (secondary N) is 1. The average molecular weight is 256 g/mol. The minimum Gasteiger partial charge on any atom is -0.395 e. The van der Waals surface area contributed by atoms with Gasteiger partial charge in [-0.15, -0.1) is 0 Å². The number of likely N-dealkylation sites (N-methyl/N-ethyl adjacent to an activating group) is 1. The van der Waals surface area contributed by atoms with E-state index in [1.807, 2.05) is 0 Å². The second-order valence-corrected chi connectivity index (χ2v) is 5.02. The molecule has 0 spiro atoms. The summed E-state index contributed by atoms with van der Waals surface area (Å²) in [5.41, 5.74) is 0. The smallest absolute Gasteiger partial charge is 0.241 e. The standard InChI is InChI=1S/C13H24N2O3/c1-15(7-8-16)13(18)10-14-12(17)9-11-5-3-2-4-6-11/h11,16H,2-10H2,1H3,(H,14,17). The van der Waals surface area contributed by atoms with Gasteiger partial charge in [0.1, 0.15) is 0 Å². The lowest BCUT2D eigenvalue weighted by atomic mass is 9.87. The molecule has 0 heterocycles. The number of hydrogen-bond acceptors (Lipinski definition) is 3. The van der Waals surface area contributed by atoms with Gasteiger partial charge in [-0.2, -0.15) is 0 Å². The Hall–Kier alpha value is -1.10. The highest BCUT2D eigenvalue weighted by Gasteiger charge is 2.17. The molecule has 5 heteroatoms. The molecule has 2 N–H and O–H groups in total. The Labute approximate surface area is 109 Å². The van der Waals surface area contributed by atoms with E-state index in [1.54, 1.807) is 7.05 Å². The topological polar surface area (TPSA) is 69.6 Å². The lowest BCUT2D eigenvalue weighted by Gasteiger charge is -2.21.